The minimum absolute atomic E-state index is 0.175. The number of benzene rings is 1. The van der Waals surface area contributed by atoms with Crippen LogP contribution in [-0.2, 0) is 6.42 Å². The highest BCUT2D eigenvalue weighted by atomic mass is 35.5. The first-order chi connectivity index (χ1) is 9.11. The SMILES string of the molecule is NNC(Cc1ccncc1Cl)c1cc(Cl)ccc1Cl. The molecule has 0 bridgehead atoms. The molecule has 1 unspecified atom stereocenters. The van der Waals surface area contributed by atoms with Crippen molar-refractivity contribution in [3.05, 3.63) is 62.9 Å². The second kappa shape index (κ2) is 6.55. The molecule has 3 nitrogen and oxygen atoms in total. The van der Waals surface area contributed by atoms with Crippen LogP contribution < -0.4 is 11.3 Å². The Morgan fingerprint density at radius 1 is 1.16 bits per heavy atom. The summed E-state index contributed by atoms with van der Waals surface area (Å²) >= 11 is 18.3. The third kappa shape index (κ3) is 3.59. The van der Waals surface area contributed by atoms with E-state index in [0.717, 1.165) is 11.1 Å². The van der Waals surface area contributed by atoms with E-state index in [-0.39, 0.29) is 6.04 Å². The van der Waals surface area contributed by atoms with Crippen molar-refractivity contribution in [2.24, 2.45) is 5.84 Å². The summed E-state index contributed by atoms with van der Waals surface area (Å²) in [6.45, 7) is 0. The highest BCUT2D eigenvalue weighted by Crippen LogP contribution is 2.29. The molecular weight excluding hydrogens is 305 g/mol. The largest absolute Gasteiger partial charge is 0.271 e. The lowest BCUT2D eigenvalue weighted by Gasteiger charge is -2.18. The first kappa shape index (κ1) is 14.6. The summed E-state index contributed by atoms with van der Waals surface area (Å²) < 4.78 is 0. The van der Waals surface area contributed by atoms with Gasteiger partial charge in [-0.1, -0.05) is 34.8 Å². The van der Waals surface area contributed by atoms with E-state index in [2.05, 4.69) is 10.4 Å². The summed E-state index contributed by atoms with van der Waals surface area (Å²) in [4.78, 5) is 3.95. The summed E-state index contributed by atoms with van der Waals surface area (Å²) in [6, 6.07) is 6.96. The van der Waals surface area contributed by atoms with E-state index < -0.39 is 0 Å². The second-order valence-corrected chi connectivity index (χ2v) is 5.31. The van der Waals surface area contributed by atoms with Gasteiger partial charge in [0.1, 0.15) is 0 Å². The van der Waals surface area contributed by atoms with Crippen molar-refractivity contribution in [1.82, 2.24) is 10.4 Å². The molecule has 6 heteroatoms. The fraction of sp³-hybridized carbons (Fsp3) is 0.154. The number of pyridine rings is 1. The summed E-state index contributed by atoms with van der Waals surface area (Å²) in [5.41, 5.74) is 4.52. The Morgan fingerprint density at radius 2 is 1.95 bits per heavy atom. The van der Waals surface area contributed by atoms with Crippen molar-refractivity contribution in [1.29, 1.82) is 0 Å². The predicted octanol–water partition coefficient (Wildman–Crippen LogP) is 3.79. The molecule has 3 N–H and O–H groups in total. The molecule has 2 aromatic rings. The molecule has 0 radical (unpaired) electrons. The Kier molecular flexibility index (Phi) is 5.02. The third-order valence-electron chi connectivity index (χ3n) is 2.82. The van der Waals surface area contributed by atoms with Gasteiger partial charge in [0.2, 0.25) is 0 Å². The summed E-state index contributed by atoms with van der Waals surface area (Å²) in [5, 5.41) is 1.82. The van der Waals surface area contributed by atoms with Crippen LogP contribution in [0.2, 0.25) is 15.1 Å². The number of nitrogens with two attached hydrogens (primary N) is 1. The van der Waals surface area contributed by atoms with Gasteiger partial charge >= 0.3 is 0 Å². The van der Waals surface area contributed by atoms with Gasteiger partial charge in [-0.15, -0.1) is 0 Å². The van der Waals surface area contributed by atoms with Gasteiger partial charge in [-0.25, -0.2) is 0 Å². The normalized spacial score (nSPS) is 12.4. The molecule has 1 atom stereocenters. The van der Waals surface area contributed by atoms with Gasteiger partial charge in [-0.3, -0.25) is 16.3 Å². The van der Waals surface area contributed by atoms with Crippen LogP contribution in [0.1, 0.15) is 17.2 Å². The van der Waals surface area contributed by atoms with E-state index in [1.807, 2.05) is 6.07 Å². The molecule has 1 heterocycles. The van der Waals surface area contributed by atoms with Gasteiger partial charge in [0, 0.05) is 22.4 Å². The second-order valence-electron chi connectivity index (χ2n) is 4.06. The van der Waals surface area contributed by atoms with Gasteiger partial charge in [0.25, 0.3) is 0 Å². The number of hydrogen-bond donors (Lipinski definition) is 2. The van der Waals surface area contributed by atoms with Crippen LogP contribution in [-0.4, -0.2) is 4.98 Å². The number of halogens is 3. The van der Waals surface area contributed by atoms with Crippen LogP contribution in [0.3, 0.4) is 0 Å². The molecule has 0 aliphatic carbocycles. The molecule has 0 aliphatic heterocycles. The molecule has 0 amide bonds. The topological polar surface area (TPSA) is 50.9 Å². The van der Waals surface area contributed by atoms with Crippen molar-refractivity contribution in [3.8, 4) is 0 Å². The van der Waals surface area contributed by atoms with E-state index in [1.165, 1.54) is 0 Å². The first-order valence-electron chi connectivity index (χ1n) is 5.61. The van der Waals surface area contributed by atoms with E-state index in [0.29, 0.717) is 21.5 Å². The van der Waals surface area contributed by atoms with Crippen LogP contribution in [0.4, 0.5) is 0 Å². The molecule has 1 aromatic carbocycles. The summed E-state index contributed by atoms with van der Waals surface area (Å²) in [5.74, 6) is 5.61. The van der Waals surface area contributed by atoms with Gasteiger partial charge in [0.05, 0.1) is 11.1 Å². The lowest BCUT2D eigenvalue weighted by atomic mass is 10.00. The fourth-order valence-corrected chi connectivity index (χ4v) is 2.46. The van der Waals surface area contributed by atoms with Gasteiger partial charge in [-0.05, 0) is 41.8 Å². The van der Waals surface area contributed by atoms with Crippen LogP contribution in [0, 0.1) is 0 Å². The zero-order chi connectivity index (χ0) is 13.8. The van der Waals surface area contributed by atoms with Crippen LogP contribution in [0.15, 0.2) is 36.7 Å². The number of nitrogens with zero attached hydrogens (tertiary/aromatic N) is 1. The molecule has 0 saturated heterocycles. The molecule has 0 fully saturated rings. The maximum Gasteiger partial charge on any atom is 0.0622 e. The Bertz CT molecular complexity index is 575. The van der Waals surface area contributed by atoms with Crippen molar-refractivity contribution >= 4 is 34.8 Å². The van der Waals surface area contributed by atoms with E-state index in [4.69, 9.17) is 40.6 Å². The summed E-state index contributed by atoms with van der Waals surface area (Å²) in [6.07, 6.45) is 3.89. The molecule has 2 rings (SSSR count). The average molecular weight is 317 g/mol. The number of hydrazine groups is 1. The van der Waals surface area contributed by atoms with Crippen molar-refractivity contribution in [2.45, 2.75) is 12.5 Å². The average Bonchev–Trinajstić information content (AvgIpc) is 2.41. The first-order valence-corrected chi connectivity index (χ1v) is 6.74. The van der Waals surface area contributed by atoms with E-state index >= 15 is 0 Å². The van der Waals surface area contributed by atoms with Crippen molar-refractivity contribution in [3.63, 3.8) is 0 Å². The zero-order valence-corrected chi connectivity index (χ0v) is 12.2. The smallest absolute Gasteiger partial charge is 0.0622 e. The minimum Gasteiger partial charge on any atom is -0.271 e. The fourth-order valence-electron chi connectivity index (χ4n) is 1.83. The maximum atomic E-state index is 6.18. The minimum atomic E-state index is -0.175. The molecule has 0 spiro atoms. The predicted molar refractivity (Wildman–Crippen MR) is 79.5 cm³/mol. The molecule has 0 saturated carbocycles. The Labute approximate surface area is 126 Å². The van der Waals surface area contributed by atoms with Gasteiger partial charge in [-0.2, -0.15) is 0 Å². The lowest BCUT2D eigenvalue weighted by Crippen LogP contribution is -2.29. The number of rotatable bonds is 4. The standard InChI is InChI=1S/C13H12Cl3N3/c14-9-1-2-11(15)10(6-9)13(19-17)5-8-3-4-18-7-12(8)16/h1-4,6-7,13,19H,5,17H2. The molecule has 100 valence electrons. The molecule has 1 aromatic heterocycles. The lowest BCUT2D eigenvalue weighted by molar-refractivity contribution is 0.552. The number of nitrogens with one attached hydrogen (secondary N) is 1. The third-order valence-corrected chi connectivity index (χ3v) is 3.73. The molecule has 19 heavy (non-hydrogen) atoms. The van der Waals surface area contributed by atoms with E-state index in [1.54, 1.807) is 30.6 Å². The zero-order valence-electron chi connectivity index (χ0n) is 9.91. The Balaban J connectivity index is 2.30. The summed E-state index contributed by atoms with van der Waals surface area (Å²) in [7, 11) is 0. The van der Waals surface area contributed by atoms with Crippen LogP contribution >= 0.6 is 34.8 Å². The monoisotopic (exact) mass is 315 g/mol. The maximum absolute atomic E-state index is 6.18. The van der Waals surface area contributed by atoms with E-state index in [9.17, 15) is 0 Å². The highest BCUT2D eigenvalue weighted by molar-refractivity contribution is 6.33. The highest BCUT2D eigenvalue weighted by Gasteiger charge is 2.16. The number of hydrogen-bond acceptors (Lipinski definition) is 3. The van der Waals surface area contributed by atoms with Gasteiger partial charge < -0.3 is 0 Å². The molecule has 0 aliphatic rings. The van der Waals surface area contributed by atoms with Crippen LogP contribution in [0.5, 0.6) is 0 Å². The number of aromatic nitrogens is 1. The van der Waals surface area contributed by atoms with Crippen molar-refractivity contribution < 1.29 is 0 Å². The van der Waals surface area contributed by atoms with Crippen molar-refractivity contribution in [2.75, 3.05) is 0 Å². The Morgan fingerprint density at radius 3 is 2.63 bits per heavy atom. The molecular formula is C13H12Cl3N3. The Hall–Kier alpha value is -0.840. The van der Waals surface area contributed by atoms with Gasteiger partial charge in [0.15, 0.2) is 0 Å². The van der Waals surface area contributed by atoms with Crippen LogP contribution in [0.25, 0.3) is 0 Å². The quantitative estimate of drug-likeness (QED) is 0.666.